The number of likely N-dealkylation sites (tertiary alicyclic amines) is 1. The molecule has 0 aliphatic carbocycles. The number of amides is 3. The second-order valence-electron chi connectivity index (χ2n) is 10.9. The molecule has 1 saturated heterocycles. The highest BCUT2D eigenvalue weighted by atomic mass is 16.5. The van der Waals surface area contributed by atoms with Crippen molar-refractivity contribution in [3.05, 3.63) is 78.4 Å². The van der Waals surface area contributed by atoms with E-state index in [1.807, 2.05) is 53.4 Å². The number of rotatable bonds is 13. The fourth-order valence-electron chi connectivity index (χ4n) is 4.52. The van der Waals surface area contributed by atoms with Gasteiger partial charge in [0.05, 0.1) is 6.54 Å². The van der Waals surface area contributed by atoms with Crippen LogP contribution in [0.3, 0.4) is 0 Å². The number of ether oxygens (including phenoxy) is 1. The Morgan fingerprint density at radius 3 is 2.12 bits per heavy atom. The third kappa shape index (κ3) is 14.2. The second-order valence-corrected chi connectivity index (χ2v) is 10.9. The van der Waals surface area contributed by atoms with Gasteiger partial charge >= 0.3 is 6.03 Å². The zero-order valence-electron chi connectivity index (χ0n) is 25.7. The zero-order chi connectivity index (χ0) is 29.9. The number of nitrogens with zero attached hydrogens (tertiary/aromatic N) is 2. The maximum atomic E-state index is 12.7. The Morgan fingerprint density at radius 1 is 0.951 bits per heavy atom. The Kier molecular flexibility index (Phi) is 16.3. The topological polar surface area (TPSA) is 73.9 Å². The molecule has 0 radical (unpaired) electrons. The van der Waals surface area contributed by atoms with Crippen LogP contribution in [0.2, 0.25) is 0 Å². The lowest BCUT2D eigenvalue weighted by Crippen LogP contribution is -2.50. The van der Waals surface area contributed by atoms with Crippen molar-refractivity contribution in [3.8, 4) is 5.75 Å². The molecule has 1 aliphatic heterocycles. The SMILES string of the molecule is C=CC(C)C.CCN(CC)C[C@H](Cc1ccc(OCc2ccccc2)cc1)NC(=O)CNC(=O)N1CCCCCC1. The molecule has 0 bridgehead atoms. The highest BCUT2D eigenvalue weighted by Crippen LogP contribution is 2.16. The van der Waals surface area contributed by atoms with Crippen molar-refractivity contribution in [3.63, 3.8) is 0 Å². The third-order valence-electron chi connectivity index (χ3n) is 7.16. The minimum absolute atomic E-state index is 0.00362. The van der Waals surface area contributed by atoms with Crippen LogP contribution in [-0.4, -0.2) is 67.0 Å². The summed E-state index contributed by atoms with van der Waals surface area (Å²) in [7, 11) is 0. The Hall–Kier alpha value is -3.32. The minimum atomic E-state index is -0.154. The Morgan fingerprint density at radius 2 is 1.56 bits per heavy atom. The first kappa shape index (κ1) is 33.9. The van der Waals surface area contributed by atoms with Crippen molar-refractivity contribution in [2.75, 3.05) is 39.3 Å². The molecule has 2 N–H and O–H groups in total. The van der Waals surface area contributed by atoms with Crippen molar-refractivity contribution in [2.24, 2.45) is 5.92 Å². The summed E-state index contributed by atoms with van der Waals surface area (Å²) in [6, 6.07) is 18.0. The molecule has 226 valence electrons. The highest BCUT2D eigenvalue weighted by Gasteiger charge is 2.19. The number of benzene rings is 2. The second kappa shape index (κ2) is 19.7. The molecule has 2 aromatic carbocycles. The quantitative estimate of drug-likeness (QED) is 0.291. The number of hydrogen-bond acceptors (Lipinski definition) is 4. The molecule has 0 unspecified atom stereocenters. The Bertz CT molecular complexity index is 998. The fraction of sp³-hybridized carbons (Fsp3) is 0.529. The van der Waals surface area contributed by atoms with Crippen LogP contribution in [-0.2, 0) is 17.8 Å². The number of likely N-dealkylation sites (N-methyl/N-ethyl adjacent to an activating group) is 1. The fourth-order valence-corrected chi connectivity index (χ4v) is 4.52. The van der Waals surface area contributed by atoms with Crippen LogP contribution in [0, 0.1) is 5.92 Å². The zero-order valence-corrected chi connectivity index (χ0v) is 25.7. The lowest BCUT2D eigenvalue weighted by atomic mass is 10.0. The van der Waals surface area contributed by atoms with E-state index in [9.17, 15) is 9.59 Å². The molecular weight excluding hydrogens is 512 g/mol. The number of allylic oxidation sites excluding steroid dienone is 1. The molecule has 3 rings (SSSR count). The molecule has 2 aromatic rings. The molecule has 41 heavy (non-hydrogen) atoms. The van der Waals surface area contributed by atoms with Gasteiger partial charge in [0, 0.05) is 25.7 Å². The molecule has 7 heteroatoms. The van der Waals surface area contributed by atoms with E-state index < -0.39 is 0 Å². The molecule has 3 amide bonds. The van der Waals surface area contributed by atoms with Gasteiger partial charge in [-0.2, -0.15) is 0 Å². The summed E-state index contributed by atoms with van der Waals surface area (Å²) in [6.45, 7) is 16.7. The van der Waals surface area contributed by atoms with E-state index in [1.165, 1.54) is 0 Å². The molecule has 1 atom stereocenters. The average Bonchev–Trinajstić information content (AvgIpc) is 3.29. The smallest absolute Gasteiger partial charge is 0.317 e. The predicted octanol–water partition coefficient (Wildman–Crippen LogP) is 6.05. The number of nitrogens with one attached hydrogen (secondary N) is 2. The first-order valence-electron chi connectivity index (χ1n) is 15.3. The van der Waals surface area contributed by atoms with Gasteiger partial charge in [0.25, 0.3) is 0 Å². The normalized spacial score (nSPS) is 14.0. The number of carbonyl (C=O) groups is 2. The first-order valence-corrected chi connectivity index (χ1v) is 15.3. The van der Waals surface area contributed by atoms with Gasteiger partial charge in [-0.3, -0.25) is 4.79 Å². The van der Waals surface area contributed by atoms with Crippen LogP contribution < -0.4 is 15.4 Å². The van der Waals surface area contributed by atoms with Crippen molar-refractivity contribution in [2.45, 2.75) is 72.4 Å². The van der Waals surface area contributed by atoms with Gasteiger partial charge < -0.3 is 25.2 Å². The van der Waals surface area contributed by atoms with Crippen LogP contribution in [0.1, 0.15) is 64.5 Å². The molecule has 0 aromatic heterocycles. The molecule has 7 nitrogen and oxygen atoms in total. The van der Waals surface area contributed by atoms with Crippen LogP contribution >= 0.6 is 0 Å². The monoisotopic (exact) mass is 564 g/mol. The molecule has 0 spiro atoms. The van der Waals surface area contributed by atoms with Gasteiger partial charge in [0.2, 0.25) is 5.91 Å². The van der Waals surface area contributed by atoms with Crippen molar-refractivity contribution >= 4 is 11.9 Å². The lowest BCUT2D eigenvalue weighted by molar-refractivity contribution is -0.120. The van der Waals surface area contributed by atoms with Gasteiger partial charge in [-0.05, 0) is 61.5 Å². The van der Waals surface area contributed by atoms with Crippen LogP contribution in [0.5, 0.6) is 5.75 Å². The van der Waals surface area contributed by atoms with Gasteiger partial charge in [-0.15, -0.1) is 6.58 Å². The van der Waals surface area contributed by atoms with E-state index in [4.69, 9.17) is 4.74 Å². The summed E-state index contributed by atoms with van der Waals surface area (Å²) in [5, 5.41) is 5.96. The van der Waals surface area contributed by atoms with E-state index >= 15 is 0 Å². The molecule has 1 fully saturated rings. The maximum absolute atomic E-state index is 12.7. The minimum Gasteiger partial charge on any atom is -0.489 e. The summed E-state index contributed by atoms with van der Waals surface area (Å²) in [4.78, 5) is 29.4. The Balaban J connectivity index is 0.00000108. The lowest BCUT2D eigenvalue weighted by Gasteiger charge is -2.27. The van der Waals surface area contributed by atoms with Gasteiger partial charge in [0.15, 0.2) is 0 Å². The van der Waals surface area contributed by atoms with E-state index in [1.54, 1.807) is 0 Å². The summed E-state index contributed by atoms with van der Waals surface area (Å²) in [5.74, 6) is 1.32. The number of carbonyl (C=O) groups excluding carboxylic acids is 2. The third-order valence-corrected chi connectivity index (χ3v) is 7.16. The highest BCUT2D eigenvalue weighted by molar-refractivity contribution is 5.84. The summed E-state index contributed by atoms with van der Waals surface area (Å²) in [5.41, 5.74) is 2.26. The average molecular weight is 565 g/mol. The molecule has 1 aliphatic rings. The van der Waals surface area contributed by atoms with Crippen molar-refractivity contribution in [1.82, 2.24) is 20.4 Å². The summed E-state index contributed by atoms with van der Waals surface area (Å²) >= 11 is 0. The standard InChI is InChI=1S/C29H42N4O3.C5H10/c1-3-32(4-2)22-26(31-28(34)21-30-29(35)33-18-10-5-6-11-19-33)20-24-14-16-27(17-15-24)36-23-25-12-8-7-9-13-25;1-4-5(2)3/h7-9,12-17,26H,3-6,10-11,18-23H2,1-2H3,(H,30,35)(H,31,34);4-5H,1H2,2-3H3/t26-;/m0./s1. The van der Waals surface area contributed by atoms with E-state index in [0.29, 0.717) is 18.9 Å². The van der Waals surface area contributed by atoms with Crippen LogP contribution in [0.25, 0.3) is 0 Å². The van der Waals surface area contributed by atoms with Gasteiger partial charge in [0.1, 0.15) is 12.4 Å². The predicted molar refractivity (Wildman–Crippen MR) is 169 cm³/mol. The largest absolute Gasteiger partial charge is 0.489 e. The summed E-state index contributed by atoms with van der Waals surface area (Å²) < 4.78 is 5.91. The first-order chi connectivity index (χ1) is 19.8. The van der Waals surface area contributed by atoms with E-state index in [-0.39, 0.29) is 24.5 Å². The van der Waals surface area contributed by atoms with Crippen molar-refractivity contribution in [1.29, 1.82) is 0 Å². The number of hydrogen-bond donors (Lipinski definition) is 2. The van der Waals surface area contributed by atoms with E-state index in [0.717, 1.165) is 75.3 Å². The van der Waals surface area contributed by atoms with Crippen molar-refractivity contribution < 1.29 is 14.3 Å². The van der Waals surface area contributed by atoms with Gasteiger partial charge in [-0.1, -0.05) is 89.1 Å². The maximum Gasteiger partial charge on any atom is 0.317 e. The molecular formula is C34H52N4O3. The van der Waals surface area contributed by atoms with E-state index in [2.05, 4.69) is 61.9 Å². The van der Waals surface area contributed by atoms with Crippen LogP contribution in [0.4, 0.5) is 4.79 Å². The van der Waals surface area contributed by atoms with Crippen LogP contribution in [0.15, 0.2) is 67.3 Å². The van der Waals surface area contributed by atoms with Gasteiger partial charge in [-0.25, -0.2) is 4.79 Å². The molecule has 1 heterocycles. The molecule has 0 saturated carbocycles. The number of urea groups is 1. The summed E-state index contributed by atoms with van der Waals surface area (Å²) in [6.07, 6.45) is 7.01. The Labute approximate surface area is 248 Å².